The van der Waals surface area contributed by atoms with Crippen LogP contribution in [0.4, 0.5) is 0 Å². The van der Waals surface area contributed by atoms with Crippen molar-refractivity contribution < 1.29 is 9.90 Å². The number of imidazole rings is 1. The molecule has 0 saturated heterocycles. The van der Waals surface area contributed by atoms with Crippen molar-refractivity contribution >= 4 is 5.97 Å². The summed E-state index contributed by atoms with van der Waals surface area (Å²) in [6.45, 7) is 3.19. The molecule has 33 heavy (non-hydrogen) atoms. The third kappa shape index (κ3) is 5.14. The van der Waals surface area contributed by atoms with E-state index in [0.717, 1.165) is 41.6 Å². The van der Waals surface area contributed by atoms with Crippen LogP contribution < -0.4 is 5.69 Å². The van der Waals surface area contributed by atoms with E-state index >= 15 is 0 Å². The average Bonchev–Trinajstić information content (AvgIpc) is 3.13. The van der Waals surface area contributed by atoms with Gasteiger partial charge in [0.1, 0.15) is 0 Å². The molecule has 1 heterocycles. The normalized spacial score (nSPS) is 10.9. The Kier molecular flexibility index (Phi) is 6.89. The lowest BCUT2D eigenvalue weighted by atomic mass is 9.99. The number of aromatic carboxylic acids is 1. The molecule has 0 aliphatic carbocycles. The molecule has 168 valence electrons. The number of carboxylic acid groups (broad SMARTS) is 1. The molecule has 4 aromatic rings. The Labute approximate surface area is 193 Å². The average molecular weight is 441 g/mol. The van der Waals surface area contributed by atoms with E-state index in [9.17, 15) is 14.7 Å². The van der Waals surface area contributed by atoms with Crippen LogP contribution >= 0.6 is 0 Å². The number of hydrogen-bond acceptors (Lipinski definition) is 2. The van der Waals surface area contributed by atoms with Crippen LogP contribution in [0.1, 0.15) is 46.9 Å². The minimum atomic E-state index is -0.943. The smallest absolute Gasteiger partial charge is 0.336 e. The summed E-state index contributed by atoms with van der Waals surface area (Å²) < 4.78 is 3.65. The standard InChI is InChI=1S/C28H28N2O3/c1-2-3-11-24-20-29(18-21-9-5-4-6-10-21)28(33)30(24)19-22-14-16-23(17-15-22)25-12-7-8-13-26(25)27(31)32/h4-10,12-17,20H,2-3,11,18-19H2,1H3,(H,31,32). The summed E-state index contributed by atoms with van der Waals surface area (Å²) in [5, 5.41) is 9.48. The molecule has 0 amide bonds. The SMILES string of the molecule is CCCCc1cn(Cc2ccccc2)c(=O)n1Cc1ccc(-c2ccccc2C(=O)O)cc1. The number of carbonyl (C=O) groups is 1. The highest BCUT2D eigenvalue weighted by Gasteiger charge is 2.14. The summed E-state index contributed by atoms with van der Waals surface area (Å²) in [5.41, 5.74) is 4.94. The molecule has 0 saturated carbocycles. The van der Waals surface area contributed by atoms with E-state index in [1.54, 1.807) is 16.7 Å². The summed E-state index contributed by atoms with van der Waals surface area (Å²) in [7, 11) is 0. The van der Waals surface area contributed by atoms with Crippen molar-refractivity contribution in [3.63, 3.8) is 0 Å². The predicted molar refractivity (Wildman–Crippen MR) is 131 cm³/mol. The highest BCUT2D eigenvalue weighted by molar-refractivity contribution is 5.95. The Morgan fingerprint density at radius 3 is 2.21 bits per heavy atom. The fourth-order valence-electron chi connectivity index (χ4n) is 4.10. The van der Waals surface area contributed by atoms with Gasteiger partial charge in [-0.05, 0) is 41.2 Å². The molecule has 0 unspecified atom stereocenters. The van der Waals surface area contributed by atoms with E-state index in [-0.39, 0.29) is 11.3 Å². The van der Waals surface area contributed by atoms with Gasteiger partial charge in [-0.1, -0.05) is 86.1 Å². The van der Waals surface area contributed by atoms with Crippen molar-refractivity contribution in [2.45, 2.75) is 39.3 Å². The van der Waals surface area contributed by atoms with Gasteiger partial charge in [-0.3, -0.25) is 9.13 Å². The summed E-state index contributed by atoms with van der Waals surface area (Å²) in [4.78, 5) is 24.8. The van der Waals surface area contributed by atoms with Crippen molar-refractivity contribution in [1.29, 1.82) is 0 Å². The molecule has 0 bridgehead atoms. The van der Waals surface area contributed by atoms with Crippen molar-refractivity contribution in [2.24, 2.45) is 0 Å². The lowest BCUT2D eigenvalue weighted by Crippen LogP contribution is -2.26. The Morgan fingerprint density at radius 1 is 0.848 bits per heavy atom. The van der Waals surface area contributed by atoms with Crippen molar-refractivity contribution in [1.82, 2.24) is 9.13 Å². The fourth-order valence-corrected chi connectivity index (χ4v) is 4.10. The van der Waals surface area contributed by atoms with Crippen LogP contribution in [0, 0.1) is 0 Å². The van der Waals surface area contributed by atoms with Crippen LogP contribution in [-0.4, -0.2) is 20.2 Å². The van der Waals surface area contributed by atoms with Crippen molar-refractivity contribution in [2.75, 3.05) is 0 Å². The molecule has 5 heteroatoms. The molecule has 4 rings (SSSR count). The van der Waals surface area contributed by atoms with Crippen LogP contribution in [0.3, 0.4) is 0 Å². The molecule has 1 N–H and O–H groups in total. The van der Waals surface area contributed by atoms with Crippen LogP contribution in [0.5, 0.6) is 0 Å². The van der Waals surface area contributed by atoms with E-state index in [4.69, 9.17) is 0 Å². The zero-order chi connectivity index (χ0) is 23.2. The zero-order valence-corrected chi connectivity index (χ0v) is 18.8. The maximum Gasteiger partial charge on any atom is 0.336 e. The van der Waals surface area contributed by atoms with Crippen LogP contribution in [0.25, 0.3) is 11.1 Å². The van der Waals surface area contributed by atoms with Gasteiger partial charge in [-0.15, -0.1) is 0 Å². The fraction of sp³-hybridized carbons (Fsp3) is 0.214. The van der Waals surface area contributed by atoms with Gasteiger partial charge in [0.05, 0.1) is 18.7 Å². The van der Waals surface area contributed by atoms with E-state index in [1.165, 1.54) is 0 Å². The maximum absolute atomic E-state index is 13.2. The topological polar surface area (TPSA) is 64.2 Å². The number of nitrogens with zero attached hydrogens (tertiary/aromatic N) is 2. The second-order valence-corrected chi connectivity index (χ2v) is 8.25. The molecule has 0 aliphatic rings. The molecule has 1 aromatic heterocycles. The molecule has 5 nitrogen and oxygen atoms in total. The van der Waals surface area contributed by atoms with Gasteiger partial charge in [0.25, 0.3) is 0 Å². The first-order valence-electron chi connectivity index (χ1n) is 11.3. The van der Waals surface area contributed by atoms with Gasteiger partial charge in [-0.2, -0.15) is 0 Å². The summed E-state index contributed by atoms with van der Waals surface area (Å²) in [6, 6.07) is 24.8. The molecular weight excluding hydrogens is 412 g/mol. The predicted octanol–water partition coefficient (Wildman–Crippen LogP) is 5.45. The zero-order valence-electron chi connectivity index (χ0n) is 18.8. The monoisotopic (exact) mass is 440 g/mol. The first kappa shape index (κ1) is 22.3. The number of rotatable bonds is 9. The van der Waals surface area contributed by atoms with Crippen LogP contribution in [0.2, 0.25) is 0 Å². The Balaban J connectivity index is 1.61. The first-order chi connectivity index (χ1) is 16.1. The number of aryl methyl sites for hydroxylation is 1. The van der Waals surface area contributed by atoms with Gasteiger partial charge in [0.2, 0.25) is 0 Å². The third-order valence-electron chi connectivity index (χ3n) is 5.87. The lowest BCUT2D eigenvalue weighted by Gasteiger charge is -2.10. The molecule has 0 spiro atoms. The maximum atomic E-state index is 13.2. The van der Waals surface area contributed by atoms with E-state index in [2.05, 4.69) is 6.92 Å². The van der Waals surface area contributed by atoms with Crippen molar-refractivity contribution in [3.05, 3.63) is 118 Å². The van der Waals surface area contributed by atoms with Gasteiger partial charge in [0, 0.05) is 11.9 Å². The molecular formula is C28H28N2O3. The highest BCUT2D eigenvalue weighted by atomic mass is 16.4. The van der Waals surface area contributed by atoms with Gasteiger partial charge < -0.3 is 5.11 Å². The molecule has 0 radical (unpaired) electrons. The van der Waals surface area contributed by atoms with Crippen LogP contribution in [-0.2, 0) is 19.5 Å². The number of hydrogen-bond donors (Lipinski definition) is 1. The van der Waals surface area contributed by atoms with Crippen molar-refractivity contribution in [3.8, 4) is 11.1 Å². The summed E-state index contributed by atoms with van der Waals surface area (Å²) in [6.07, 6.45) is 4.94. The van der Waals surface area contributed by atoms with E-state index < -0.39 is 5.97 Å². The van der Waals surface area contributed by atoms with Gasteiger partial charge in [-0.25, -0.2) is 9.59 Å². The van der Waals surface area contributed by atoms with Gasteiger partial charge in [0.15, 0.2) is 0 Å². The van der Waals surface area contributed by atoms with E-state index in [0.29, 0.717) is 18.7 Å². The van der Waals surface area contributed by atoms with Crippen LogP contribution in [0.15, 0.2) is 89.9 Å². The number of carboxylic acids is 1. The number of benzene rings is 3. The minimum Gasteiger partial charge on any atom is -0.478 e. The molecule has 3 aromatic carbocycles. The third-order valence-corrected chi connectivity index (χ3v) is 5.87. The van der Waals surface area contributed by atoms with Gasteiger partial charge >= 0.3 is 11.7 Å². The Morgan fingerprint density at radius 2 is 1.52 bits per heavy atom. The second kappa shape index (κ2) is 10.2. The highest BCUT2D eigenvalue weighted by Crippen LogP contribution is 2.24. The Bertz CT molecular complexity index is 1280. The number of unbranched alkanes of at least 4 members (excludes halogenated alkanes) is 1. The minimum absolute atomic E-state index is 0.00902. The Hall–Kier alpha value is -3.86. The summed E-state index contributed by atoms with van der Waals surface area (Å²) >= 11 is 0. The molecule has 0 aliphatic heterocycles. The quantitative estimate of drug-likeness (QED) is 0.376. The molecule has 0 atom stereocenters. The molecule has 0 fully saturated rings. The summed E-state index contributed by atoms with van der Waals surface area (Å²) in [5.74, 6) is -0.943. The first-order valence-corrected chi connectivity index (χ1v) is 11.3. The van der Waals surface area contributed by atoms with E-state index in [1.807, 2.05) is 77.5 Å². The largest absolute Gasteiger partial charge is 0.478 e. The lowest BCUT2D eigenvalue weighted by molar-refractivity contribution is 0.0697. The second-order valence-electron chi connectivity index (χ2n) is 8.25. The number of aromatic nitrogens is 2.